The number of aromatic nitrogens is 2. The Morgan fingerprint density at radius 3 is 2.65 bits per heavy atom. The van der Waals surface area contributed by atoms with Crippen molar-refractivity contribution in [2.45, 2.75) is 32.1 Å². The van der Waals surface area contributed by atoms with Crippen molar-refractivity contribution in [2.75, 3.05) is 0 Å². The van der Waals surface area contributed by atoms with Crippen LogP contribution in [0, 0.1) is 0 Å². The lowest BCUT2D eigenvalue weighted by atomic mass is 9.85. The summed E-state index contributed by atoms with van der Waals surface area (Å²) < 4.78 is 12.9. The summed E-state index contributed by atoms with van der Waals surface area (Å²) in [7, 11) is 0. The van der Waals surface area contributed by atoms with E-state index < -0.39 is 17.5 Å². The predicted molar refractivity (Wildman–Crippen MR) is 124 cm³/mol. The average molecular weight is 452 g/mol. The first-order chi connectivity index (χ1) is 16.5. The van der Waals surface area contributed by atoms with Crippen molar-refractivity contribution >= 4 is 22.8 Å². The van der Waals surface area contributed by atoms with E-state index in [2.05, 4.69) is 0 Å². The van der Waals surface area contributed by atoms with Gasteiger partial charge in [-0.15, -0.1) is 0 Å². The maximum atomic E-state index is 13.5. The fraction of sp³-hybridized carbons (Fsp3) is 0.185. The standard InChI is InChI=1S/C27H20N2O5/c1-2-27(34-25(31)16-8-4-3-5-9-16)20-13-22-23-18(12-17-10-6-7-11-21(17)28-23)14-29(22)24(30)19(20)15-33-26(27)32/h3-13H,2,14-15H2,1H3. The van der Waals surface area contributed by atoms with E-state index in [1.807, 2.05) is 30.3 Å². The molecule has 34 heavy (non-hydrogen) atoms. The Morgan fingerprint density at radius 1 is 1.09 bits per heavy atom. The molecule has 0 saturated heterocycles. The van der Waals surface area contributed by atoms with E-state index in [4.69, 9.17) is 14.5 Å². The fourth-order valence-corrected chi connectivity index (χ4v) is 4.87. The second kappa shape index (κ2) is 7.38. The van der Waals surface area contributed by atoms with Crippen molar-refractivity contribution in [3.63, 3.8) is 0 Å². The van der Waals surface area contributed by atoms with Crippen molar-refractivity contribution in [1.82, 2.24) is 9.55 Å². The monoisotopic (exact) mass is 452 g/mol. The van der Waals surface area contributed by atoms with Crippen LogP contribution in [0.3, 0.4) is 0 Å². The highest BCUT2D eigenvalue weighted by Crippen LogP contribution is 2.41. The summed E-state index contributed by atoms with van der Waals surface area (Å²) in [5, 5.41) is 0.991. The van der Waals surface area contributed by atoms with E-state index in [1.54, 1.807) is 47.9 Å². The van der Waals surface area contributed by atoms with E-state index in [1.165, 1.54) is 0 Å². The number of cyclic esters (lactones) is 1. The summed E-state index contributed by atoms with van der Waals surface area (Å²) in [5.74, 6) is -1.34. The van der Waals surface area contributed by atoms with E-state index in [0.717, 1.165) is 16.5 Å². The number of rotatable bonds is 3. The van der Waals surface area contributed by atoms with Gasteiger partial charge in [-0.2, -0.15) is 0 Å². The number of hydrogen-bond donors (Lipinski definition) is 0. The van der Waals surface area contributed by atoms with Gasteiger partial charge in [-0.25, -0.2) is 14.6 Å². The van der Waals surface area contributed by atoms with Crippen molar-refractivity contribution in [3.8, 4) is 11.4 Å². The zero-order chi connectivity index (χ0) is 23.4. The lowest BCUT2D eigenvalue weighted by molar-refractivity contribution is -0.173. The highest BCUT2D eigenvalue weighted by molar-refractivity contribution is 5.94. The van der Waals surface area contributed by atoms with Gasteiger partial charge in [0.05, 0.1) is 34.6 Å². The maximum absolute atomic E-state index is 13.5. The molecule has 6 rings (SSSR count). The molecule has 7 heteroatoms. The Bertz CT molecular complexity index is 1560. The summed E-state index contributed by atoms with van der Waals surface area (Å²) in [6.45, 7) is 1.95. The van der Waals surface area contributed by atoms with Crippen molar-refractivity contribution in [1.29, 1.82) is 0 Å². The summed E-state index contributed by atoms with van der Waals surface area (Å²) in [6.07, 6.45) is 0.123. The van der Waals surface area contributed by atoms with Crippen LogP contribution in [0.15, 0.2) is 71.5 Å². The number of nitrogens with zero attached hydrogens (tertiary/aromatic N) is 2. The van der Waals surface area contributed by atoms with Gasteiger partial charge in [0.25, 0.3) is 5.56 Å². The minimum absolute atomic E-state index is 0.123. The summed E-state index contributed by atoms with van der Waals surface area (Å²) >= 11 is 0. The molecule has 4 aromatic rings. The molecule has 0 aliphatic carbocycles. The molecule has 0 radical (unpaired) electrons. The largest absolute Gasteiger partial charge is 0.457 e. The first-order valence-corrected chi connectivity index (χ1v) is 11.1. The Hall–Kier alpha value is -4.26. The molecule has 0 spiro atoms. The number of carbonyl (C=O) groups excluding carboxylic acids is 2. The highest BCUT2D eigenvalue weighted by Gasteiger charge is 2.50. The van der Waals surface area contributed by atoms with Crippen LogP contribution >= 0.6 is 0 Å². The number of benzene rings is 2. The molecule has 1 unspecified atom stereocenters. The van der Waals surface area contributed by atoms with Gasteiger partial charge >= 0.3 is 11.9 Å². The number of carbonyl (C=O) groups is 2. The van der Waals surface area contributed by atoms with Crippen LogP contribution < -0.4 is 5.56 Å². The van der Waals surface area contributed by atoms with Crippen LogP contribution in [-0.2, 0) is 33.0 Å². The molecule has 0 amide bonds. The quantitative estimate of drug-likeness (QED) is 0.385. The smallest absolute Gasteiger partial charge is 0.355 e. The Labute approximate surface area is 194 Å². The number of ether oxygens (including phenoxy) is 2. The molecule has 2 aromatic heterocycles. The van der Waals surface area contributed by atoms with E-state index >= 15 is 0 Å². The molecule has 1 atom stereocenters. The van der Waals surface area contributed by atoms with Gasteiger partial charge in [0.1, 0.15) is 6.61 Å². The SMILES string of the molecule is CCC1(OC(=O)c2ccccc2)C(=O)OCc2c1cc1n(c2=O)Cc2cc3ccccc3nc2-1. The van der Waals surface area contributed by atoms with E-state index in [0.29, 0.717) is 34.6 Å². The van der Waals surface area contributed by atoms with Gasteiger partial charge in [-0.3, -0.25) is 4.79 Å². The normalized spacial score (nSPS) is 18.1. The van der Waals surface area contributed by atoms with Gasteiger partial charge in [-0.1, -0.05) is 43.3 Å². The molecule has 0 N–H and O–H groups in total. The third-order valence-electron chi connectivity index (χ3n) is 6.66. The maximum Gasteiger partial charge on any atom is 0.355 e. The molecule has 2 aliphatic heterocycles. The van der Waals surface area contributed by atoms with Crippen molar-refractivity contribution < 1.29 is 19.1 Å². The molecule has 2 aliphatic rings. The van der Waals surface area contributed by atoms with Gasteiger partial charge in [0.15, 0.2) is 0 Å². The van der Waals surface area contributed by atoms with E-state index in [9.17, 15) is 14.4 Å². The van der Waals surface area contributed by atoms with Crippen LogP contribution in [0.25, 0.3) is 22.3 Å². The van der Waals surface area contributed by atoms with Gasteiger partial charge in [0.2, 0.25) is 5.60 Å². The topological polar surface area (TPSA) is 87.5 Å². The predicted octanol–water partition coefficient (Wildman–Crippen LogP) is 3.94. The number of para-hydroxylation sites is 1. The van der Waals surface area contributed by atoms with Gasteiger partial charge in [-0.05, 0) is 36.8 Å². The third kappa shape index (κ3) is 2.83. The van der Waals surface area contributed by atoms with Crippen LogP contribution in [0.1, 0.15) is 40.4 Å². The number of esters is 2. The zero-order valence-electron chi connectivity index (χ0n) is 18.4. The van der Waals surface area contributed by atoms with Crippen LogP contribution in [0.5, 0.6) is 0 Å². The fourth-order valence-electron chi connectivity index (χ4n) is 4.87. The molecule has 0 bridgehead atoms. The molecule has 168 valence electrons. The molecule has 0 fully saturated rings. The molecule has 2 aromatic carbocycles. The van der Waals surface area contributed by atoms with Gasteiger partial charge in [0, 0.05) is 16.5 Å². The Morgan fingerprint density at radius 2 is 1.85 bits per heavy atom. The summed E-state index contributed by atoms with van der Waals surface area (Å²) in [4.78, 5) is 44.4. The first kappa shape index (κ1) is 20.4. The van der Waals surface area contributed by atoms with Crippen LogP contribution in [0.2, 0.25) is 0 Å². The van der Waals surface area contributed by atoms with Crippen LogP contribution in [-0.4, -0.2) is 21.5 Å². The average Bonchev–Trinajstić information content (AvgIpc) is 3.23. The minimum Gasteiger partial charge on any atom is -0.457 e. The molecular formula is C27H20N2O5. The highest BCUT2D eigenvalue weighted by atomic mass is 16.6. The number of pyridine rings is 2. The first-order valence-electron chi connectivity index (χ1n) is 11.1. The van der Waals surface area contributed by atoms with Crippen molar-refractivity contribution in [2.24, 2.45) is 0 Å². The second-order valence-corrected chi connectivity index (χ2v) is 8.51. The second-order valence-electron chi connectivity index (χ2n) is 8.51. The molecule has 4 heterocycles. The number of fused-ring (bicyclic) bond motifs is 5. The summed E-state index contributed by atoms with van der Waals surface area (Å²) in [6, 6.07) is 20.0. The minimum atomic E-state index is -1.71. The number of hydrogen-bond acceptors (Lipinski definition) is 6. The molecular weight excluding hydrogens is 432 g/mol. The van der Waals surface area contributed by atoms with Crippen molar-refractivity contribution in [3.05, 3.63) is 99.3 Å². The Kier molecular flexibility index (Phi) is 4.42. The third-order valence-corrected chi connectivity index (χ3v) is 6.66. The van der Waals surface area contributed by atoms with E-state index in [-0.39, 0.29) is 18.6 Å². The lowest BCUT2D eigenvalue weighted by Crippen LogP contribution is -2.47. The Balaban J connectivity index is 1.54. The zero-order valence-corrected chi connectivity index (χ0v) is 18.4. The van der Waals surface area contributed by atoms with Crippen LogP contribution in [0.4, 0.5) is 0 Å². The summed E-state index contributed by atoms with van der Waals surface area (Å²) in [5.41, 5.74) is 2.06. The molecule has 7 nitrogen and oxygen atoms in total. The molecule has 0 saturated carbocycles. The van der Waals surface area contributed by atoms with Gasteiger partial charge < -0.3 is 14.0 Å². The lowest BCUT2D eigenvalue weighted by Gasteiger charge is -2.35.